The van der Waals surface area contributed by atoms with Crippen LogP contribution in [0.4, 0.5) is 0 Å². The highest BCUT2D eigenvalue weighted by atomic mass is 35.5. The van der Waals surface area contributed by atoms with Gasteiger partial charge in [0, 0.05) is 12.4 Å². The highest BCUT2D eigenvalue weighted by Crippen LogP contribution is 2.20. The zero-order valence-corrected chi connectivity index (χ0v) is 8.48. The van der Waals surface area contributed by atoms with Crippen LogP contribution in [0.5, 0.6) is 0 Å². The number of hydrogen-bond donors (Lipinski definition) is 0. The Kier molecular flexibility index (Phi) is 1.79. The third-order valence-corrected chi connectivity index (χ3v) is 2.41. The molecule has 0 saturated heterocycles. The molecule has 0 bridgehead atoms. The molecule has 0 aliphatic rings. The molecule has 74 valence electrons. The topological polar surface area (TPSA) is 30.4 Å². The largest absolute Gasteiger partial charge is 0.463 e. The molecule has 0 aromatic carbocycles. The van der Waals surface area contributed by atoms with E-state index in [9.17, 15) is 0 Å². The van der Waals surface area contributed by atoms with Gasteiger partial charge in [0.2, 0.25) is 0 Å². The van der Waals surface area contributed by atoms with Gasteiger partial charge in [-0.05, 0) is 24.3 Å². The number of imidazole rings is 1. The summed E-state index contributed by atoms with van der Waals surface area (Å²) < 4.78 is 7.15. The lowest BCUT2D eigenvalue weighted by atomic mass is 10.4. The molecule has 0 fully saturated rings. The minimum atomic E-state index is 0.686. The van der Waals surface area contributed by atoms with Gasteiger partial charge in [-0.1, -0.05) is 11.6 Å². The van der Waals surface area contributed by atoms with Crippen LogP contribution in [0.1, 0.15) is 0 Å². The van der Waals surface area contributed by atoms with E-state index < -0.39 is 0 Å². The Balaban J connectivity index is 2.22. The van der Waals surface area contributed by atoms with E-state index in [1.807, 2.05) is 41.1 Å². The average Bonchev–Trinajstić information content (AvgIpc) is 2.84. The molecule has 0 aliphatic carbocycles. The van der Waals surface area contributed by atoms with Gasteiger partial charge >= 0.3 is 0 Å². The molecule has 0 unspecified atom stereocenters. The van der Waals surface area contributed by atoms with E-state index in [1.165, 1.54) is 0 Å². The summed E-state index contributed by atoms with van der Waals surface area (Å²) in [6.45, 7) is 0. The zero-order valence-electron chi connectivity index (χ0n) is 7.72. The molecule has 3 nitrogen and oxygen atoms in total. The smallest absolute Gasteiger partial charge is 0.153 e. The van der Waals surface area contributed by atoms with Gasteiger partial charge in [0.05, 0.1) is 11.3 Å². The summed E-state index contributed by atoms with van der Waals surface area (Å²) in [6, 6.07) is 7.40. The zero-order chi connectivity index (χ0) is 10.3. The lowest BCUT2D eigenvalue weighted by Crippen LogP contribution is -1.79. The van der Waals surface area contributed by atoms with Crippen molar-refractivity contribution in [2.75, 3.05) is 0 Å². The molecule has 0 atom stereocenters. The molecule has 3 rings (SSSR count). The Labute approximate surface area is 90.9 Å². The maximum atomic E-state index is 5.88. The number of fused-ring (bicyclic) bond motifs is 1. The second-order valence-electron chi connectivity index (χ2n) is 3.22. The fourth-order valence-corrected chi connectivity index (χ4v) is 1.68. The standard InChI is InChI=1S/C11H7ClN2O/c12-8-3-4-11-13-9(7-14(11)6-8)10-2-1-5-15-10/h1-7H. The molecule has 0 spiro atoms. The van der Waals surface area contributed by atoms with Gasteiger partial charge in [0.15, 0.2) is 5.76 Å². The molecule has 0 radical (unpaired) electrons. The van der Waals surface area contributed by atoms with Crippen molar-refractivity contribution in [1.29, 1.82) is 0 Å². The minimum Gasteiger partial charge on any atom is -0.463 e. The predicted molar refractivity (Wildman–Crippen MR) is 57.9 cm³/mol. The van der Waals surface area contributed by atoms with E-state index in [4.69, 9.17) is 16.0 Å². The van der Waals surface area contributed by atoms with Crippen LogP contribution in [0.2, 0.25) is 5.02 Å². The highest BCUT2D eigenvalue weighted by Gasteiger charge is 2.06. The van der Waals surface area contributed by atoms with Crippen molar-refractivity contribution < 1.29 is 4.42 Å². The SMILES string of the molecule is Clc1ccc2nc(-c3ccco3)cn2c1. The number of rotatable bonds is 1. The Bertz CT molecular complexity index is 598. The van der Waals surface area contributed by atoms with Gasteiger partial charge in [-0.25, -0.2) is 4.98 Å². The lowest BCUT2D eigenvalue weighted by Gasteiger charge is -1.91. The van der Waals surface area contributed by atoms with Crippen LogP contribution in [-0.4, -0.2) is 9.38 Å². The first kappa shape index (κ1) is 8.56. The summed E-state index contributed by atoms with van der Waals surface area (Å²) in [6.07, 6.45) is 5.34. The first-order valence-corrected chi connectivity index (χ1v) is 4.89. The Hall–Kier alpha value is -1.74. The molecule has 0 saturated carbocycles. The number of hydrogen-bond acceptors (Lipinski definition) is 2. The Morgan fingerprint density at radius 1 is 1.20 bits per heavy atom. The number of furan rings is 1. The number of pyridine rings is 1. The number of nitrogens with zero attached hydrogens (tertiary/aromatic N) is 2. The monoisotopic (exact) mass is 218 g/mol. The fraction of sp³-hybridized carbons (Fsp3) is 0. The van der Waals surface area contributed by atoms with Gasteiger partial charge < -0.3 is 8.82 Å². The summed E-state index contributed by atoms with van der Waals surface area (Å²) in [5.41, 5.74) is 1.66. The van der Waals surface area contributed by atoms with E-state index in [1.54, 1.807) is 6.26 Å². The lowest BCUT2D eigenvalue weighted by molar-refractivity contribution is 0.580. The van der Waals surface area contributed by atoms with Crippen molar-refractivity contribution in [3.8, 4) is 11.5 Å². The number of halogens is 1. The maximum Gasteiger partial charge on any atom is 0.153 e. The van der Waals surface area contributed by atoms with E-state index in [0.29, 0.717) is 5.02 Å². The van der Waals surface area contributed by atoms with Crippen LogP contribution in [0, 0.1) is 0 Å². The molecule has 0 amide bonds. The van der Waals surface area contributed by atoms with Crippen LogP contribution < -0.4 is 0 Å². The van der Waals surface area contributed by atoms with Gasteiger partial charge in [0.25, 0.3) is 0 Å². The van der Waals surface area contributed by atoms with Crippen LogP contribution in [0.25, 0.3) is 17.1 Å². The van der Waals surface area contributed by atoms with Crippen LogP contribution >= 0.6 is 11.6 Å². The quantitative estimate of drug-likeness (QED) is 0.628. The van der Waals surface area contributed by atoms with Gasteiger partial charge in [-0.15, -0.1) is 0 Å². The number of aromatic nitrogens is 2. The second kappa shape index (κ2) is 3.14. The molecular formula is C11H7ClN2O. The van der Waals surface area contributed by atoms with Crippen molar-refractivity contribution in [2.24, 2.45) is 0 Å². The van der Waals surface area contributed by atoms with Crippen molar-refractivity contribution >= 4 is 17.2 Å². The minimum absolute atomic E-state index is 0.686. The third kappa shape index (κ3) is 1.41. The Morgan fingerprint density at radius 3 is 2.93 bits per heavy atom. The van der Waals surface area contributed by atoms with E-state index in [2.05, 4.69) is 4.98 Å². The molecule has 0 aliphatic heterocycles. The summed E-state index contributed by atoms with van der Waals surface area (Å²) >= 11 is 5.88. The van der Waals surface area contributed by atoms with Crippen molar-refractivity contribution in [1.82, 2.24) is 9.38 Å². The van der Waals surface area contributed by atoms with Gasteiger partial charge in [0.1, 0.15) is 11.3 Å². The van der Waals surface area contributed by atoms with Crippen molar-refractivity contribution in [2.45, 2.75) is 0 Å². The first-order valence-electron chi connectivity index (χ1n) is 4.51. The second-order valence-corrected chi connectivity index (χ2v) is 3.65. The first-order chi connectivity index (χ1) is 7.33. The summed E-state index contributed by atoms with van der Waals surface area (Å²) in [4.78, 5) is 4.41. The van der Waals surface area contributed by atoms with Gasteiger partial charge in [-0.3, -0.25) is 0 Å². The molecular weight excluding hydrogens is 212 g/mol. The van der Waals surface area contributed by atoms with Gasteiger partial charge in [-0.2, -0.15) is 0 Å². The highest BCUT2D eigenvalue weighted by molar-refractivity contribution is 6.30. The summed E-state index contributed by atoms with van der Waals surface area (Å²) in [7, 11) is 0. The molecule has 3 heterocycles. The van der Waals surface area contributed by atoms with Crippen molar-refractivity contribution in [3.05, 3.63) is 47.9 Å². The van der Waals surface area contributed by atoms with Crippen LogP contribution in [-0.2, 0) is 0 Å². The molecule has 15 heavy (non-hydrogen) atoms. The molecule has 4 heteroatoms. The average molecular weight is 219 g/mol. The Morgan fingerprint density at radius 2 is 2.13 bits per heavy atom. The molecule has 3 aromatic rings. The normalized spacial score (nSPS) is 11.0. The van der Waals surface area contributed by atoms with E-state index in [-0.39, 0.29) is 0 Å². The predicted octanol–water partition coefficient (Wildman–Crippen LogP) is 3.25. The summed E-state index contributed by atoms with van der Waals surface area (Å²) in [5.74, 6) is 0.759. The molecule has 3 aromatic heterocycles. The fourth-order valence-electron chi connectivity index (χ4n) is 1.51. The summed E-state index contributed by atoms with van der Waals surface area (Å²) in [5, 5.41) is 0.686. The third-order valence-electron chi connectivity index (χ3n) is 2.19. The van der Waals surface area contributed by atoms with Crippen LogP contribution in [0.15, 0.2) is 47.3 Å². The van der Waals surface area contributed by atoms with E-state index in [0.717, 1.165) is 17.1 Å². The van der Waals surface area contributed by atoms with E-state index >= 15 is 0 Å². The van der Waals surface area contributed by atoms with Crippen molar-refractivity contribution in [3.63, 3.8) is 0 Å². The van der Waals surface area contributed by atoms with Crippen LogP contribution in [0.3, 0.4) is 0 Å². The maximum absolute atomic E-state index is 5.88. The molecule has 0 N–H and O–H groups in total.